The Kier molecular flexibility index (Phi) is 3.57. The Hall–Kier alpha value is -1.35. The topological polar surface area (TPSA) is 29.5 Å². The first-order chi connectivity index (χ1) is 7.79. The van der Waals surface area contributed by atoms with Gasteiger partial charge in [0, 0.05) is 12.6 Å². The number of nitrogens with zero attached hydrogens (tertiary/aromatic N) is 1. The lowest BCUT2D eigenvalue weighted by atomic mass is 10.1. The van der Waals surface area contributed by atoms with E-state index in [1.807, 2.05) is 18.2 Å². The summed E-state index contributed by atoms with van der Waals surface area (Å²) in [7, 11) is 0. The van der Waals surface area contributed by atoms with Crippen molar-refractivity contribution in [1.82, 2.24) is 4.90 Å². The van der Waals surface area contributed by atoms with Gasteiger partial charge in [0.05, 0.1) is 6.54 Å². The van der Waals surface area contributed by atoms with E-state index in [0.717, 1.165) is 13.0 Å². The number of esters is 1. The summed E-state index contributed by atoms with van der Waals surface area (Å²) in [5, 5.41) is 0. The van der Waals surface area contributed by atoms with Gasteiger partial charge in [-0.05, 0) is 12.0 Å². The van der Waals surface area contributed by atoms with E-state index in [9.17, 15) is 4.79 Å². The van der Waals surface area contributed by atoms with Crippen LogP contribution in [0.1, 0.15) is 18.9 Å². The van der Waals surface area contributed by atoms with E-state index in [-0.39, 0.29) is 5.97 Å². The molecule has 1 fully saturated rings. The maximum Gasteiger partial charge on any atom is 0.320 e. The molecule has 1 aliphatic rings. The minimum atomic E-state index is -0.111. The summed E-state index contributed by atoms with van der Waals surface area (Å²) in [6, 6.07) is 10.6. The first kappa shape index (κ1) is 11.1. The van der Waals surface area contributed by atoms with Crippen molar-refractivity contribution in [2.24, 2.45) is 0 Å². The number of carbonyl (C=O) groups excluding carboxylic acids is 1. The zero-order valence-corrected chi connectivity index (χ0v) is 9.56. The van der Waals surface area contributed by atoms with Gasteiger partial charge in [-0.2, -0.15) is 0 Å². The van der Waals surface area contributed by atoms with E-state index >= 15 is 0 Å². The van der Waals surface area contributed by atoms with Crippen LogP contribution >= 0.6 is 0 Å². The van der Waals surface area contributed by atoms with Crippen molar-refractivity contribution in [3.8, 4) is 0 Å². The van der Waals surface area contributed by atoms with Crippen LogP contribution in [0.15, 0.2) is 30.3 Å². The molecule has 1 atom stereocenters. The molecule has 0 saturated carbocycles. The fraction of sp³-hybridized carbons (Fsp3) is 0.462. The Bertz CT molecular complexity index is 350. The number of morpholine rings is 1. The zero-order chi connectivity index (χ0) is 11.4. The highest BCUT2D eigenvalue weighted by atomic mass is 16.5. The SMILES string of the molecule is CCC1COC(=O)CN1Cc1ccccc1. The molecule has 1 aromatic rings. The summed E-state index contributed by atoms with van der Waals surface area (Å²) in [4.78, 5) is 13.5. The van der Waals surface area contributed by atoms with Crippen LogP contribution in [-0.2, 0) is 16.1 Å². The molecule has 1 heterocycles. The van der Waals surface area contributed by atoms with Crippen LogP contribution in [0, 0.1) is 0 Å². The van der Waals surface area contributed by atoms with Gasteiger partial charge < -0.3 is 4.74 Å². The third-order valence-corrected chi connectivity index (χ3v) is 2.99. The standard InChI is InChI=1S/C13H17NO2/c1-2-12-10-16-13(15)9-14(12)8-11-6-4-3-5-7-11/h3-7,12H,2,8-10H2,1H3. The molecule has 0 radical (unpaired) electrons. The normalized spacial score (nSPS) is 21.8. The Balaban J connectivity index is 2.03. The molecule has 0 spiro atoms. The highest BCUT2D eigenvalue weighted by Crippen LogP contribution is 2.14. The van der Waals surface area contributed by atoms with Crippen molar-refractivity contribution >= 4 is 5.97 Å². The van der Waals surface area contributed by atoms with Crippen LogP contribution in [0.2, 0.25) is 0 Å². The fourth-order valence-corrected chi connectivity index (χ4v) is 2.01. The number of hydrogen-bond donors (Lipinski definition) is 0. The number of ether oxygens (including phenoxy) is 1. The summed E-state index contributed by atoms with van der Waals surface area (Å²) in [5.41, 5.74) is 1.25. The molecular weight excluding hydrogens is 202 g/mol. The van der Waals surface area contributed by atoms with Crippen LogP contribution in [0.5, 0.6) is 0 Å². The van der Waals surface area contributed by atoms with Gasteiger partial charge in [-0.3, -0.25) is 9.69 Å². The smallest absolute Gasteiger partial charge is 0.320 e. The summed E-state index contributed by atoms with van der Waals surface area (Å²) in [6.45, 7) is 3.89. The third kappa shape index (κ3) is 2.61. The summed E-state index contributed by atoms with van der Waals surface area (Å²) >= 11 is 0. The second-order valence-corrected chi connectivity index (χ2v) is 4.14. The average Bonchev–Trinajstić information content (AvgIpc) is 2.31. The highest BCUT2D eigenvalue weighted by Gasteiger charge is 2.26. The molecule has 2 rings (SSSR count). The van der Waals surface area contributed by atoms with Gasteiger partial charge in [-0.1, -0.05) is 37.3 Å². The second-order valence-electron chi connectivity index (χ2n) is 4.14. The van der Waals surface area contributed by atoms with Crippen molar-refractivity contribution in [3.05, 3.63) is 35.9 Å². The van der Waals surface area contributed by atoms with E-state index in [4.69, 9.17) is 4.74 Å². The first-order valence-electron chi connectivity index (χ1n) is 5.73. The van der Waals surface area contributed by atoms with Crippen LogP contribution in [0.25, 0.3) is 0 Å². The zero-order valence-electron chi connectivity index (χ0n) is 9.56. The first-order valence-corrected chi connectivity index (χ1v) is 5.73. The largest absolute Gasteiger partial charge is 0.463 e. The molecule has 1 aromatic carbocycles. The Morgan fingerprint density at radius 1 is 1.38 bits per heavy atom. The molecule has 3 nitrogen and oxygen atoms in total. The van der Waals surface area contributed by atoms with Gasteiger partial charge >= 0.3 is 5.97 Å². The Labute approximate surface area is 96.0 Å². The van der Waals surface area contributed by atoms with E-state index in [2.05, 4.69) is 24.0 Å². The lowest BCUT2D eigenvalue weighted by Gasteiger charge is -2.33. The van der Waals surface area contributed by atoms with E-state index in [1.165, 1.54) is 5.56 Å². The minimum Gasteiger partial charge on any atom is -0.463 e. The number of benzene rings is 1. The molecule has 0 bridgehead atoms. The molecular formula is C13H17NO2. The lowest BCUT2D eigenvalue weighted by molar-refractivity contribution is -0.155. The summed E-state index contributed by atoms with van der Waals surface area (Å²) < 4.78 is 5.07. The lowest BCUT2D eigenvalue weighted by Crippen LogP contribution is -2.46. The van der Waals surface area contributed by atoms with Gasteiger partial charge in [0.15, 0.2) is 0 Å². The maximum absolute atomic E-state index is 11.3. The average molecular weight is 219 g/mol. The van der Waals surface area contributed by atoms with Crippen LogP contribution in [-0.4, -0.2) is 30.1 Å². The predicted molar refractivity (Wildman–Crippen MR) is 61.9 cm³/mol. The maximum atomic E-state index is 11.3. The van der Waals surface area contributed by atoms with Gasteiger partial charge in [0.2, 0.25) is 0 Å². The molecule has 1 aliphatic heterocycles. The molecule has 86 valence electrons. The van der Waals surface area contributed by atoms with Crippen molar-refractivity contribution < 1.29 is 9.53 Å². The van der Waals surface area contributed by atoms with E-state index in [1.54, 1.807) is 0 Å². The monoisotopic (exact) mass is 219 g/mol. The van der Waals surface area contributed by atoms with E-state index in [0.29, 0.717) is 19.2 Å². The molecule has 0 N–H and O–H groups in total. The van der Waals surface area contributed by atoms with Crippen molar-refractivity contribution in [3.63, 3.8) is 0 Å². The number of hydrogen-bond acceptors (Lipinski definition) is 3. The van der Waals surface area contributed by atoms with Gasteiger partial charge in [0.1, 0.15) is 6.61 Å². The summed E-state index contributed by atoms with van der Waals surface area (Å²) in [5.74, 6) is -0.111. The molecule has 0 aromatic heterocycles. The van der Waals surface area contributed by atoms with Crippen molar-refractivity contribution in [2.75, 3.05) is 13.2 Å². The second kappa shape index (κ2) is 5.12. The van der Waals surface area contributed by atoms with Crippen molar-refractivity contribution in [2.45, 2.75) is 25.9 Å². The molecule has 0 amide bonds. The molecule has 0 aliphatic carbocycles. The fourth-order valence-electron chi connectivity index (χ4n) is 2.01. The minimum absolute atomic E-state index is 0.111. The quantitative estimate of drug-likeness (QED) is 0.726. The Morgan fingerprint density at radius 3 is 2.81 bits per heavy atom. The number of cyclic esters (lactones) is 1. The van der Waals surface area contributed by atoms with Gasteiger partial charge in [-0.25, -0.2) is 0 Å². The van der Waals surface area contributed by atoms with Gasteiger partial charge in [0.25, 0.3) is 0 Å². The van der Waals surface area contributed by atoms with Crippen LogP contribution < -0.4 is 0 Å². The predicted octanol–water partition coefficient (Wildman–Crippen LogP) is 1.82. The number of rotatable bonds is 3. The molecule has 16 heavy (non-hydrogen) atoms. The molecule has 1 saturated heterocycles. The highest BCUT2D eigenvalue weighted by molar-refractivity contribution is 5.72. The van der Waals surface area contributed by atoms with E-state index < -0.39 is 0 Å². The van der Waals surface area contributed by atoms with Crippen LogP contribution in [0.3, 0.4) is 0 Å². The Morgan fingerprint density at radius 2 is 2.12 bits per heavy atom. The van der Waals surface area contributed by atoms with Gasteiger partial charge in [-0.15, -0.1) is 0 Å². The third-order valence-electron chi connectivity index (χ3n) is 2.99. The molecule has 3 heteroatoms. The van der Waals surface area contributed by atoms with Crippen molar-refractivity contribution in [1.29, 1.82) is 0 Å². The number of carbonyl (C=O) groups is 1. The molecule has 1 unspecified atom stereocenters. The summed E-state index contributed by atoms with van der Waals surface area (Å²) in [6.07, 6.45) is 1.01. The van der Waals surface area contributed by atoms with Crippen LogP contribution in [0.4, 0.5) is 0 Å².